The Morgan fingerprint density at radius 1 is 1.06 bits per heavy atom. The van der Waals surface area contributed by atoms with Gasteiger partial charge in [0.2, 0.25) is 5.91 Å². The number of ether oxygens (including phenoxy) is 1. The molecular weight excluding hydrogens is 447 g/mol. The largest absolute Gasteiger partial charge is 0.457 e. The second-order valence-electron chi connectivity index (χ2n) is 7.18. The van der Waals surface area contributed by atoms with Gasteiger partial charge in [-0.3, -0.25) is 14.6 Å². The third kappa shape index (κ3) is 6.44. The minimum Gasteiger partial charge on any atom is -0.457 e. The standard InChI is InChI=1S/C25H22F3N3O3/c1-3-17-8-9-18(14-21(17)25(26,27)28)31-23(32)10-7-16-5-4-6-19(13-16)34-20-11-12-30-22(15-20)24(33)29-2/h4-15H,3H2,1-2H3,(H,29,33)(H,31,32)/b10-7+. The summed E-state index contributed by atoms with van der Waals surface area (Å²) in [5, 5.41) is 4.93. The molecule has 1 aromatic heterocycles. The van der Waals surface area contributed by atoms with E-state index < -0.39 is 17.6 Å². The topological polar surface area (TPSA) is 80.3 Å². The fraction of sp³-hybridized carbons (Fsp3) is 0.160. The first-order valence-corrected chi connectivity index (χ1v) is 10.3. The van der Waals surface area contributed by atoms with Crippen LogP contribution in [0.2, 0.25) is 0 Å². The fourth-order valence-corrected chi connectivity index (χ4v) is 3.13. The summed E-state index contributed by atoms with van der Waals surface area (Å²) in [4.78, 5) is 27.9. The molecule has 0 fully saturated rings. The van der Waals surface area contributed by atoms with Crippen LogP contribution in [-0.2, 0) is 17.4 Å². The van der Waals surface area contributed by atoms with Gasteiger partial charge in [0.25, 0.3) is 5.91 Å². The molecule has 0 atom stereocenters. The monoisotopic (exact) mass is 469 g/mol. The summed E-state index contributed by atoms with van der Waals surface area (Å²) < 4.78 is 45.5. The number of hydrogen-bond acceptors (Lipinski definition) is 4. The van der Waals surface area contributed by atoms with E-state index in [1.54, 1.807) is 37.3 Å². The zero-order valence-electron chi connectivity index (χ0n) is 18.4. The van der Waals surface area contributed by atoms with Crippen LogP contribution in [0.25, 0.3) is 6.08 Å². The molecule has 3 rings (SSSR count). The van der Waals surface area contributed by atoms with E-state index in [1.165, 1.54) is 43.6 Å². The van der Waals surface area contributed by atoms with Gasteiger partial charge in [-0.05, 0) is 54.0 Å². The van der Waals surface area contributed by atoms with Gasteiger partial charge in [-0.1, -0.05) is 25.1 Å². The van der Waals surface area contributed by atoms with Crippen molar-refractivity contribution in [3.63, 3.8) is 0 Å². The molecule has 0 radical (unpaired) electrons. The molecule has 9 heteroatoms. The number of hydrogen-bond donors (Lipinski definition) is 2. The second-order valence-corrected chi connectivity index (χ2v) is 7.18. The van der Waals surface area contributed by atoms with E-state index in [0.717, 1.165) is 6.07 Å². The molecule has 0 saturated carbocycles. The highest BCUT2D eigenvalue weighted by Gasteiger charge is 2.33. The molecule has 2 aromatic carbocycles. The summed E-state index contributed by atoms with van der Waals surface area (Å²) in [6.45, 7) is 1.64. The molecule has 176 valence electrons. The van der Waals surface area contributed by atoms with Crippen molar-refractivity contribution in [3.8, 4) is 11.5 Å². The van der Waals surface area contributed by atoms with Crippen LogP contribution in [0, 0.1) is 0 Å². The van der Waals surface area contributed by atoms with Gasteiger partial charge in [-0.2, -0.15) is 13.2 Å². The van der Waals surface area contributed by atoms with E-state index in [2.05, 4.69) is 15.6 Å². The molecule has 0 aliphatic heterocycles. The van der Waals surface area contributed by atoms with Crippen LogP contribution in [0.4, 0.5) is 18.9 Å². The SMILES string of the molecule is CCc1ccc(NC(=O)/C=C/c2cccc(Oc3ccnc(C(=O)NC)c3)c2)cc1C(F)(F)F. The average molecular weight is 469 g/mol. The maximum Gasteiger partial charge on any atom is 0.416 e. The number of aryl methyl sites for hydroxylation is 1. The number of aromatic nitrogens is 1. The Bertz CT molecular complexity index is 1220. The molecule has 0 aliphatic carbocycles. The number of rotatable bonds is 7. The first-order chi connectivity index (χ1) is 16.2. The average Bonchev–Trinajstić information content (AvgIpc) is 2.82. The molecule has 1 heterocycles. The third-order valence-electron chi connectivity index (χ3n) is 4.78. The van der Waals surface area contributed by atoms with E-state index in [1.807, 2.05) is 0 Å². The van der Waals surface area contributed by atoms with Crippen LogP contribution >= 0.6 is 0 Å². The lowest BCUT2D eigenvalue weighted by Gasteiger charge is -2.13. The Kier molecular flexibility index (Phi) is 7.68. The molecule has 2 N–H and O–H groups in total. The van der Waals surface area contributed by atoms with Crippen molar-refractivity contribution in [2.75, 3.05) is 12.4 Å². The number of amides is 2. The van der Waals surface area contributed by atoms with E-state index in [0.29, 0.717) is 17.1 Å². The van der Waals surface area contributed by atoms with E-state index in [4.69, 9.17) is 4.74 Å². The summed E-state index contributed by atoms with van der Waals surface area (Å²) in [5.41, 5.74) is 0.284. The number of alkyl halides is 3. The van der Waals surface area contributed by atoms with Crippen molar-refractivity contribution >= 4 is 23.6 Å². The highest BCUT2D eigenvalue weighted by Crippen LogP contribution is 2.34. The number of benzene rings is 2. The summed E-state index contributed by atoms with van der Waals surface area (Å²) in [6.07, 6.45) is -0.0937. The lowest BCUT2D eigenvalue weighted by atomic mass is 10.0. The highest BCUT2D eigenvalue weighted by molar-refractivity contribution is 6.02. The van der Waals surface area contributed by atoms with Gasteiger partial charge in [-0.15, -0.1) is 0 Å². The molecule has 0 aliphatic rings. The number of anilines is 1. The molecular formula is C25H22F3N3O3. The maximum absolute atomic E-state index is 13.2. The number of pyridine rings is 1. The minimum atomic E-state index is -4.50. The molecule has 0 unspecified atom stereocenters. The Morgan fingerprint density at radius 2 is 1.82 bits per heavy atom. The lowest BCUT2D eigenvalue weighted by molar-refractivity contribution is -0.138. The van der Waals surface area contributed by atoms with Crippen molar-refractivity contribution in [2.45, 2.75) is 19.5 Å². The molecule has 0 spiro atoms. The van der Waals surface area contributed by atoms with E-state index >= 15 is 0 Å². The van der Waals surface area contributed by atoms with Crippen LogP contribution in [0.3, 0.4) is 0 Å². The van der Waals surface area contributed by atoms with Crippen LogP contribution in [-0.4, -0.2) is 23.8 Å². The Hall–Kier alpha value is -4.14. The molecule has 0 saturated heterocycles. The van der Waals surface area contributed by atoms with Crippen molar-refractivity contribution in [1.29, 1.82) is 0 Å². The zero-order valence-corrected chi connectivity index (χ0v) is 18.4. The smallest absolute Gasteiger partial charge is 0.416 e. The highest BCUT2D eigenvalue weighted by atomic mass is 19.4. The Labute approximate surface area is 194 Å². The van der Waals surface area contributed by atoms with Gasteiger partial charge >= 0.3 is 6.18 Å². The van der Waals surface area contributed by atoms with Gasteiger partial charge in [-0.25, -0.2) is 0 Å². The Balaban J connectivity index is 1.69. The van der Waals surface area contributed by atoms with Crippen LogP contribution < -0.4 is 15.4 Å². The number of nitrogens with one attached hydrogen (secondary N) is 2. The number of carbonyl (C=O) groups is 2. The van der Waals surface area contributed by atoms with Gasteiger partial charge in [0.15, 0.2) is 0 Å². The molecule has 3 aromatic rings. The van der Waals surface area contributed by atoms with E-state index in [-0.39, 0.29) is 29.3 Å². The molecule has 34 heavy (non-hydrogen) atoms. The van der Waals surface area contributed by atoms with Gasteiger partial charge in [0.1, 0.15) is 17.2 Å². The van der Waals surface area contributed by atoms with Crippen LogP contribution in [0.1, 0.15) is 34.1 Å². The number of carbonyl (C=O) groups excluding carboxylic acids is 2. The van der Waals surface area contributed by atoms with E-state index in [9.17, 15) is 22.8 Å². The van der Waals surface area contributed by atoms with Gasteiger partial charge in [0, 0.05) is 31.1 Å². The predicted octanol–water partition coefficient (Wildman–Crippen LogP) is 5.47. The lowest BCUT2D eigenvalue weighted by Crippen LogP contribution is -2.18. The molecule has 0 bridgehead atoms. The summed E-state index contributed by atoms with van der Waals surface area (Å²) in [6, 6.07) is 13.6. The molecule has 2 amide bonds. The summed E-state index contributed by atoms with van der Waals surface area (Å²) in [7, 11) is 1.50. The number of halogens is 3. The third-order valence-corrected chi connectivity index (χ3v) is 4.78. The summed E-state index contributed by atoms with van der Waals surface area (Å²) in [5.74, 6) is -0.0575. The maximum atomic E-state index is 13.2. The fourth-order valence-electron chi connectivity index (χ4n) is 3.13. The quantitative estimate of drug-likeness (QED) is 0.450. The first kappa shape index (κ1) is 24.5. The summed E-state index contributed by atoms with van der Waals surface area (Å²) >= 11 is 0. The number of nitrogens with zero attached hydrogens (tertiary/aromatic N) is 1. The van der Waals surface area contributed by atoms with Crippen LogP contribution in [0.5, 0.6) is 11.5 Å². The first-order valence-electron chi connectivity index (χ1n) is 10.3. The zero-order chi connectivity index (χ0) is 24.7. The minimum absolute atomic E-state index is 0.0564. The van der Waals surface area contributed by atoms with Crippen molar-refractivity contribution in [3.05, 3.63) is 89.3 Å². The van der Waals surface area contributed by atoms with Crippen molar-refractivity contribution < 1.29 is 27.5 Å². The second kappa shape index (κ2) is 10.7. The van der Waals surface area contributed by atoms with Crippen LogP contribution in [0.15, 0.2) is 66.9 Å². The van der Waals surface area contributed by atoms with Crippen molar-refractivity contribution in [1.82, 2.24) is 10.3 Å². The van der Waals surface area contributed by atoms with Crippen molar-refractivity contribution in [2.24, 2.45) is 0 Å². The van der Waals surface area contributed by atoms with Gasteiger partial charge in [0.05, 0.1) is 5.56 Å². The van der Waals surface area contributed by atoms with Gasteiger partial charge < -0.3 is 15.4 Å². The Morgan fingerprint density at radius 3 is 2.53 bits per heavy atom. The normalized spacial score (nSPS) is 11.3. The predicted molar refractivity (Wildman–Crippen MR) is 123 cm³/mol. The molecule has 6 nitrogen and oxygen atoms in total.